The highest BCUT2D eigenvalue weighted by molar-refractivity contribution is 5.87. The minimum Gasteiger partial charge on any atom is -0.504 e. The molecular formula is C18H24O11. The first-order valence-electron chi connectivity index (χ1n) is 8.70. The highest BCUT2D eigenvalue weighted by Gasteiger charge is 2.47. The van der Waals surface area contributed by atoms with E-state index in [1.165, 1.54) is 24.3 Å². The van der Waals surface area contributed by atoms with Crippen molar-refractivity contribution in [2.24, 2.45) is 0 Å². The SMILES string of the molecule is O=C(C=Cc1ccc(O)c(O)c1)OC1C(O)C(CO)OC(OCC(O)CO)C1O. The summed E-state index contributed by atoms with van der Waals surface area (Å²) in [6.45, 7) is -1.66. The van der Waals surface area contributed by atoms with E-state index in [1.54, 1.807) is 0 Å². The second-order valence-electron chi connectivity index (χ2n) is 6.36. The summed E-state index contributed by atoms with van der Waals surface area (Å²) in [5, 5.41) is 66.7. The van der Waals surface area contributed by atoms with Crippen molar-refractivity contribution in [3.05, 3.63) is 29.8 Å². The van der Waals surface area contributed by atoms with E-state index in [4.69, 9.17) is 19.3 Å². The Morgan fingerprint density at radius 1 is 1.17 bits per heavy atom. The maximum atomic E-state index is 12.1. The van der Waals surface area contributed by atoms with Gasteiger partial charge < -0.3 is 50.0 Å². The summed E-state index contributed by atoms with van der Waals surface area (Å²) in [6, 6.07) is 3.85. The van der Waals surface area contributed by atoms with Crippen molar-refractivity contribution in [3.8, 4) is 11.5 Å². The number of esters is 1. The zero-order chi connectivity index (χ0) is 21.6. The lowest BCUT2D eigenvalue weighted by Gasteiger charge is -2.41. The second kappa shape index (κ2) is 10.5. The van der Waals surface area contributed by atoms with Gasteiger partial charge in [0, 0.05) is 6.08 Å². The Bertz CT molecular complexity index is 707. The van der Waals surface area contributed by atoms with E-state index in [0.29, 0.717) is 5.56 Å². The Hall–Kier alpha value is -2.25. The predicted molar refractivity (Wildman–Crippen MR) is 95.5 cm³/mol. The van der Waals surface area contributed by atoms with Crippen molar-refractivity contribution in [2.75, 3.05) is 19.8 Å². The van der Waals surface area contributed by atoms with Crippen LogP contribution in [-0.2, 0) is 19.0 Å². The third-order valence-corrected chi connectivity index (χ3v) is 4.15. The summed E-state index contributed by atoms with van der Waals surface area (Å²) in [6.07, 6.45) is -6.38. The highest BCUT2D eigenvalue weighted by atomic mass is 16.7. The summed E-state index contributed by atoms with van der Waals surface area (Å²) in [4.78, 5) is 12.1. The van der Waals surface area contributed by atoms with E-state index < -0.39 is 62.6 Å². The lowest BCUT2D eigenvalue weighted by Crippen LogP contribution is -2.60. The Morgan fingerprint density at radius 2 is 1.90 bits per heavy atom. The Labute approximate surface area is 165 Å². The Kier molecular flexibility index (Phi) is 8.34. The van der Waals surface area contributed by atoms with Crippen molar-refractivity contribution >= 4 is 12.0 Å². The standard InChI is InChI=1S/C18H24O11/c19-6-10(21)8-27-18-16(26)17(15(25)13(7-20)28-18)29-14(24)4-2-9-1-3-11(22)12(23)5-9/h1-5,10,13,15-23,25-26H,6-8H2. The molecule has 1 aliphatic rings. The van der Waals surface area contributed by atoms with Crippen molar-refractivity contribution < 1.29 is 54.8 Å². The van der Waals surface area contributed by atoms with Gasteiger partial charge in [-0.05, 0) is 23.8 Å². The molecule has 162 valence electrons. The van der Waals surface area contributed by atoms with Crippen LogP contribution in [0.4, 0.5) is 0 Å². The molecule has 2 rings (SSSR count). The molecule has 0 aromatic heterocycles. The number of aliphatic hydroxyl groups excluding tert-OH is 5. The number of carbonyl (C=O) groups excluding carboxylic acids is 1. The molecule has 1 heterocycles. The molecule has 1 aliphatic heterocycles. The minimum absolute atomic E-state index is 0.328. The molecule has 0 bridgehead atoms. The van der Waals surface area contributed by atoms with Gasteiger partial charge in [-0.15, -0.1) is 0 Å². The van der Waals surface area contributed by atoms with E-state index in [1.807, 2.05) is 0 Å². The average Bonchev–Trinajstić information content (AvgIpc) is 2.71. The van der Waals surface area contributed by atoms with Crippen LogP contribution in [0.3, 0.4) is 0 Å². The molecule has 7 N–H and O–H groups in total. The van der Waals surface area contributed by atoms with E-state index in [9.17, 15) is 35.4 Å². The van der Waals surface area contributed by atoms with Gasteiger partial charge in [0.05, 0.1) is 19.8 Å². The molecule has 0 saturated carbocycles. The van der Waals surface area contributed by atoms with Gasteiger partial charge in [0.15, 0.2) is 23.9 Å². The number of hydrogen-bond acceptors (Lipinski definition) is 11. The molecule has 0 spiro atoms. The first-order chi connectivity index (χ1) is 13.8. The molecule has 0 amide bonds. The van der Waals surface area contributed by atoms with Crippen molar-refractivity contribution in [2.45, 2.75) is 36.8 Å². The fraction of sp³-hybridized carbons (Fsp3) is 0.500. The Morgan fingerprint density at radius 3 is 2.52 bits per heavy atom. The summed E-state index contributed by atoms with van der Waals surface area (Å²) in [5.74, 6) is -1.66. The molecule has 11 heteroatoms. The van der Waals surface area contributed by atoms with Gasteiger partial charge in [0.25, 0.3) is 0 Å². The highest BCUT2D eigenvalue weighted by Crippen LogP contribution is 2.26. The Balaban J connectivity index is 2.05. The number of carbonyl (C=O) groups is 1. The molecule has 29 heavy (non-hydrogen) atoms. The fourth-order valence-corrected chi connectivity index (χ4v) is 2.57. The summed E-state index contributed by atoms with van der Waals surface area (Å²) in [5.41, 5.74) is 0.373. The van der Waals surface area contributed by atoms with Gasteiger partial charge >= 0.3 is 5.97 Å². The third-order valence-electron chi connectivity index (χ3n) is 4.15. The van der Waals surface area contributed by atoms with E-state index in [2.05, 4.69) is 0 Å². The fourth-order valence-electron chi connectivity index (χ4n) is 2.57. The number of phenols is 2. The normalized spacial score (nSPS) is 28.4. The molecule has 1 aromatic rings. The maximum Gasteiger partial charge on any atom is 0.331 e. The van der Waals surface area contributed by atoms with Gasteiger partial charge in [-0.1, -0.05) is 6.07 Å². The van der Waals surface area contributed by atoms with Crippen LogP contribution in [0, 0.1) is 0 Å². The molecular weight excluding hydrogens is 392 g/mol. The monoisotopic (exact) mass is 416 g/mol. The van der Waals surface area contributed by atoms with Crippen LogP contribution in [0.2, 0.25) is 0 Å². The molecule has 0 radical (unpaired) electrons. The van der Waals surface area contributed by atoms with Crippen molar-refractivity contribution in [3.63, 3.8) is 0 Å². The van der Waals surface area contributed by atoms with Crippen LogP contribution >= 0.6 is 0 Å². The zero-order valence-corrected chi connectivity index (χ0v) is 15.2. The van der Waals surface area contributed by atoms with E-state index >= 15 is 0 Å². The molecule has 11 nitrogen and oxygen atoms in total. The molecule has 6 atom stereocenters. The number of aromatic hydroxyl groups is 2. The van der Waals surface area contributed by atoms with Crippen LogP contribution in [0.25, 0.3) is 6.08 Å². The topological polar surface area (TPSA) is 186 Å². The quantitative estimate of drug-likeness (QED) is 0.139. The molecule has 1 saturated heterocycles. The summed E-state index contributed by atoms with van der Waals surface area (Å²) in [7, 11) is 0. The molecule has 1 aromatic carbocycles. The number of hydrogen-bond donors (Lipinski definition) is 7. The number of rotatable bonds is 8. The molecule has 1 fully saturated rings. The van der Waals surface area contributed by atoms with Gasteiger partial charge in [0.2, 0.25) is 0 Å². The van der Waals surface area contributed by atoms with E-state index in [-0.39, 0.29) is 11.5 Å². The number of aliphatic hydroxyl groups is 5. The smallest absolute Gasteiger partial charge is 0.331 e. The number of benzene rings is 1. The third kappa shape index (κ3) is 6.11. The van der Waals surface area contributed by atoms with Gasteiger partial charge in [0.1, 0.15) is 24.4 Å². The van der Waals surface area contributed by atoms with Crippen molar-refractivity contribution in [1.82, 2.24) is 0 Å². The first kappa shape index (κ1) is 23.0. The first-order valence-corrected chi connectivity index (χ1v) is 8.70. The largest absolute Gasteiger partial charge is 0.504 e. The van der Waals surface area contributed by atoms with Crippen LogP contribution in [0.1, 0.15) is 5.56 Å². The lowest BCUT2D eigenvalue weighted by atomic mass is 9.99. The summed E-state index contributed by atoms with van der Waals surface area (Å²) < 4.78 is 15.4. The van der Waals surface area contributed by atoms with E-state index in [0.717, 1.165) is 6.08 Å². The van der Waals surface area contributed by atoms with Gasteiger partial charge in [-0.2, -0.15) is 0 Å². The minimum atomic E-state index is -1.64. The number of ether oxygens (including phenoxy) is 3. The van der Waals surface area contributed by atoms with Crippen LogP contribution in [-0.4, -0.2) is 98.3 Å². The van der Waals surface area contributed by atoms with Crippen molar-refractivity contribution in [1.29, 1.82) is 0 Å². The van der Waals surface area contributed by atoms with Crippen LogP contribution in [0.5, 0.6) is 11.5 Å². The number of phenolic OH excluding ortho intramolecular Hbond substituents is 2. The lowest BCUT2D eigenvalue weighted by molar-refractivity contribution is -0.306. The average molecular weight is 416 g/mol. The second-order valence-corrected chi connectivity index (χ2v) is 6.36. The van der Waals surface area contributed by atoms with Crippen LogP contribution < -0.4 is 0 Å². The molecule has 6 unspecified atom stereocenters. The predicted octanol–water partition coefficient (Wildman–Crippen LogP) is -2.17. The van der Waals surface area contributed by atoms with Gasteiger partial charge in [-0.3, -0.25) is 0 Å². The maximum absolute atomic E-state index is 12.1. The molecule has 0 aliphatic carbocycles. The van der Waals surface area contributed by atoms with Crippen LogP contribution in [0.15, 0.2) is 24.3 Å². The zero-order valence-electron chi connectivity index (χ0n) is 15.2. The summed E-state index contributed by atoms with van der Waals surface area (Å²) >= 11 is 0. The van der Waals surface area contributed by atoms with Gasteiger partial charge in [-0.25, -0.2) is 4.79 Å².